The van der Waals surface area contributed by atoms with Gasteiger partial charge in [-0.1, -0.05) is 41.4 Å². The number of nitrogens with zero attached hydrogens (tertiary/aromatic N) is 4. The molecule has 0 fully saturated rings. The van der Waals surface area contributed by atoms with Gasteiger partial charge < -0.3 is 0 Å². The van der Waals surface area contributed by atoms with Crippen molar-refractivity contribution in [1.29, 1.82) is 0 Å². The van der Waals surface area contributed by atoms with Crippen LogP contribution >= 0.6 is 23.4 Å². The Morgan fingerprint density at radius 1 is 1.30 bits per heavy atom. The molecule has 1 aromatic carbocycles. The zero-order valence-corrected chi connectivity index (χ0v) is 12.7. The molecule has 6 heteroatoms. The lowest BCUT2D eigenvalue weighted by atomic mass is 10.2. The molecule has 0 radical (unpaired) electrons. The molecule has 0 aliphatic heterocycles. The van der Waals surface area contributed by atoms with E-state index in [1.807, 2.05) is 6.92 Å². The van der Waals surface area contributed by atoms with Crippen molar-refractivity contribution in [1.82, 2.24) is 19.6 Å². The van der Waals surface area contributed by atoms with Gasteiger partial charge in [-0.2, -0.15) is 19.6 Å². The fourth-order valence-electron chi connectivity index (χ4n) is 2.00. The van der Waals surface area contributed by atoms with E-state index in [1.54, 1.807) is 16.3 Å². The highest BCUT2D eigenvalue weighted by molar-refractivity contribution is 7.98. The predicted octanol–water partition coefficient (Wildman–Crippen LogP) is 3.69. The molecular weight excluding hydrogens is 292 g/mol. The third-order valence-electron chi connectivity index (χ3n) is 3.01. The van der Waals surface area contributed by atoms with Crippen LogP contribution in [0.1, 0.15) is 16.7 Å². The summed E-state index contributed by atoms with van der Waals surface area (Å²) in [5, 5.41) is 5.68. The Balaban J connectivity index is 1.94. The molecular formula is C14H13ClN4S. The number of fused-ring (bicyclic) bond motifs is 1. The molecule has 0 N–H and O–H groups in total. The van der Waals surface area contributed by atoms with Gasteiger partial charge in [-0.15, -0.1) is 11.8 Å². The van der Waals surface area contributed by atoms with Gasteiger partial charge in [0.05, 0.1) is 0 Å². The van der Waals surface area contributed by atoms with Crippen molar-refractivity contribution in [2.75, 3.05) is 0 Å². The Morgan fingerprint density at radius 3 is 2.95 bits per heavy atom. The number of aryl methyl sites for hydroxylation is 1. The van der Waals surface area contributed by atoms with Crippen molar-refractivity contribution in [3.05, 3.63) is 52.4 Å². The highest BCUT2D eigenvalue weighted by Crippen LogP contribution is 2.29. The summed E-state index contributed by atoms with van der Waals surface area (Å²) in [5.41, 5.74) is 3.47. The maximum Gasteiger partial charge on any atom is 0.254 e. The zero-order valence-electron chi connectivity index (χ0n) is 11.2. The molecule has 102 valence electrons. The van der Waals surface area contributed by atoms with E-state index < -0.39 is 0 Å². The number of benzene rings is 1. The van der Waals surface area contributed by atoms with E-state index in [0.717, 1.165) is 16.3 Å². The first-order chi connectivity index (χ1) is 9.65. The molecule has 0 saturated heterocycles. The molecule has 2 aromatic heterocycles. The minimum Gasteiger partial charge on any atom is -0.199 e. The van der Waals surface area contributed by atoms with Crippen LogP contribution in [-0.4, -0.2) is 19.6 Å². The third-order valence-corrected chi connectivity index (χ3v) is 4.61. The van der Waals surface area contributed by atoms with E-state index in [4.69, 9.17) is 11.6 Å². The summed E-state index contributed by atoms with van der Waals surface area (Å²) in [6.45, 7) is 4.05. The molecule has 0 bridgehead atoms. The number of halogens is 1. The van der Waals surface area contributed by atoms with E-state index in [0.29, 0.717) is 10.9 Å². The van der Waals surface area contributed by atoms with Gasteiger partial charge in [0.15, 0.2) is 0 Å². The van der Waals surface area contributed by atoms with Crippen molar-refractivity contribution < 1.29 is 0 Å². The van der Waals surface area contributed by atoms with Crippen LogP contribution in [0.5, 0.6) is 0 Å². The van der Waals surface area contributed by atoms with Crippen LogP contribution < -0.4 is 0 Å². The molecule has 0 aliphatic rings. The van der Waals surface area contributed by atoms with E-state index in [9.17, 15) is 0 Å². The molecule has 0 atom stereocenters. The molecule has 3 aromatic rings. The first kappa shape index (κ1) is 13.4. The average Bonchev–Trinajstić information content (AvgIpc) is 2.87. The van der Waals surface area contributed by atoms with E-state index in [-0.39, 0.29) is 0 Å². The van der Waals surface area contributed by atoms with Crippen molar-refractivity contribution in [2.24, 2.45) is 0 Å². The van der Waals surface area contributed by atoms with E-state index in [1.165, 1.54) is 17.5 Å². The molecule has 0 aliphatic carbocycles. The quantitative estimate of drug-likeness (QED) is 0.547. The lowest BCUT2D eigenvalue weighted by Crippen LogP contribution is -2.00. The van der Waals surface area contributed by atoms with Gasteiger partial charge in [-0.25, -0.2) is 0 Å². The molecule has 0 spiro atoms. The Hall–Kier alpha value is -1.59. The van der Waals surface area contributed by atoms with Crippen LogP contribution in [-0.2, 0) is 5.75 Å². The molecule has 20 heavy (non-hydrogen) atoms. The van der Waals surface area contributed by atoms with Crippen molar-refractivity contribution in [3.8, 4) is 0 Å². The molecule has 0 saturated carbocycles. The SMILES string of the molecule is Cc1cccc(CSc2c(C)c(Cl)nc3ncnn23)c1. The maximum absolute atomic E-state index is 6.15. The highest BCUT2D eigenvalue weighted by Gasteiger charge is 2.12. The predicted molar refractivity (Wildman–Crippen MR) is 81.3 cm³/mol. The Bertz CT molecular complexity index is 769. The Morgan fingerprint density at radius 2 is 2.15 bits per heavy atom. The second-order valence-corrected chi connectivity index (χ2v) is 5.90. The lowest BCUT2D eigenvalue weighted by Gasteiger charge is -2.09. The van der Waals surface area contributed by atoms with Crippen molar-refractivity contribution in [2.45, 2.75) is 24.6 Å². The van der Waals surface area contributed by atoms with E-state index in [2.05, 4.69) is 46.3 Å². The topological polar surface area (TPSA) is 43.1 Å². The minimum atomic E-state index is 0.484. The molecule has 0 amide bonds. The van der Waals surface area contributed by atoms with Gasteiger partial charge >= 0.3 is 0 Å². The average molecular weight is 305 g/mol. The van der Waals surface area contributed by atoms with Gasteiger partial charge in [0.25, 0.3) is 5.78 Å². The van der Waals surface area contributed by atoms with Crippen LogP contribution in [0.15, 0.2) is 35.6 Å². The first-order valence-corrected chi connectivity index (χ1v) is 7.55. The lowest BCUT2D eigenvalue weighted by molar-refractivity contribution is 0.825. The zero-order chi connectivity index (χ0) is 14.1. The normalized spacial score (nSPS) is 11.2. The maximum atomic E-state index is 6.15. The number of rotatable bonds is 3. The number of thioether (sulfide) groups is 1. The second kappa shape index (κ2) is 5.42. The van der Waals surface area contributed by atoms with Crippen LogP contribution in [0, 0.1) is 13.8 Å². The van der Waals surface area contributed by atoms with Crippen LogP contribution in [0.3, 0.4) is 0 Å². The van der Waals surface area contributed by atoms with Crippen LogP contribution in [0.25, 0.3) is 5.78 Å². The number of hydrogen-bond donors (Lipinski definition) is 0. The summed E-state index contributed by atoms with van der Waals surface area (Å²) in [5.74, 6) is 1.39. The standard InChI is InChI=1S/C14H13ClN4S/c1-9-4-3-5-11(6-9)7-20-13-10(2)12(15)18-14-16-8-17-19(13)14/h3-6,8H,7H2,1-2H3. The molecule has 3 rings (SSSR count). The summed E-state index contributed by atoms with van der Waals surface area (Å²) in [7, 11) is 0. The first-order valence-electron chi connectivity index (χ1n) is 6.19. The Labute approximate surface area is 126 Å². The summed E-state index contributed by atoms with van der Waals surface area (Å²) >= 11 is 7.84. The van der Waals surface area contributed by atoms with Crippen LogP contribution in [0.2, 0.25) is 5.15 Å². The number of aromatic nitrogens is 4. The van der Waals surface area contributed by atoms with Gasteiger partial charge in [-0.3, -0.25) is 0 Å². The summed E-state index contributed by atoms with van der Waals surface area (Å²) in [6, 6.07) is 8.47. The summed E-state index contributed by atoms with van der Waals surface area (Å²) < 4.78 is 1.74. The molecule has 2 heterocycles. The van der Waals surface area contributed by atoms with Crippen molar-refractivity contribution in [3.63, 3.8) is 0 Å². The minimum absolute atomic E-state index is 0.484. The fourth-order valence-corrected chi connectivity index (χ4v) is 3.26. The van der Waals surface area contributed by atoms with Gasteiger partial charge in [0.2, 0.25) is 0 Å². The van der Waals surface area contributed by atoms with Crippen molar-refractivity contribution >= 4 is 29.1 Å². The van der Waals surface area contributed by atoms with Gasteiger partial charge in [-0.05, 0) is 19.4 Å². The fraction of sp³-hybridized carbons (Fsp3) is 0.214. The van der Waals surface area contributed by atoms with E-state index >= 15 is 0 Å². The third kappa shape index (κ3) is 2.51. The molecule has 4 nitrogen and oxygen atoms in total. The monoisotopic (exact) mass is 304 g/mol. The molecule has 0 unspecified atom stereocenters. The Kier molecular flexibility index (Phi) is 3.63. The van der Waals surface area contributed by atoms with Gasteiger partial charge in [0, 0.05) is 11.3 Å². The largest absolute Gasteiger partial charge is 0.254 e. The summed E-state index contributed by atoms with van der Waals surface area (Å²) in [6.07, 6.45) is 1.49. The van der Waals surface area contributed by atoms with Gasteiger partial charge in [0.1, 0.15) is 16.5 Å². The number of hydrogen-bond acceptors (Lipinski definition) is 4. The summed E-state index contributed by atoms with van der Waals surface area (Å²) in [4.78, 5) is 8.30. The second-order valence-electron chi connectivity index (χ2n) is 4.58. The van der Waals surface area contributed by atoms with Crippen LogP contribution in [0.4, 0.5) is 0 Å². The highest BCUT2D eigenvalue weighted by atomic mass is 35.5. The smallest absolute Gasteiger partial charge is 0.199 e.